The van der Waals surface area contributed by atoms with E-state index < -0.39 is 17.6 Å². The Balaban J connectivity index is 1.95. The van der Waals surface area contributed by atoms with E-state index in [1.165, 1.54) is 0 Å². The first-order chi connectivity index (χ1) is 13.7. The number of carbonyl (C=O) groups is 1. The van der Waals surface area contributed by atoms with Gasteiger partial charge in [-0.05, 0) is 17.5 Å². The van der Waals surface area contributed by atoms with Crippen LogP contribution in [0.5, 0.6) is 0 Å². The summed E-state index contributed by atoms with van der Waals surface area (Å²) in [5.74, 6) is -0.591. The Morgan fingerprint density at radius 3 is 1.96 bits per heavy atom. The van der Waals surface area contributed by atoms with Gasteiger partial charge in [0.15, 0.2) is 11.6 Å². The van der Waals surface area contributed by atoms with Gasteiger partial charge in [0.2, 0.25) is 0 Å². The molecule has 0 N–H and O–H groups in total. The first-order valence-electron chi connectivity index (χ1n) is 9.52. The highest BCUT2D eigenvalue weighted by atomic mass is 16.6. The zero-order chi connectivity index (χ0) is 19.6. The zero-order valence-electron chi connectivity index (χ0n) is 15.7. The van der Waals surface area contributed by atoms with Crippen LogP contribution in [0.4, 0.5) is 0 Å². The Bertz CT molecular complexity index is 968. The van der Waals surface area contributed by atoms with Crippen molar-refractivity contribution in [1.29, 1.82) is 0 Å². The van der Waals surface area contributed by atoms with Crippen LogP contribution in [0.15, 0.2) is 84.0 Å². The second-order valence-electron chi connectivity index (χ2n) is 6.97. The number of nitroso groups, excluding NO2 is 1. The molecule has 3 aromatic carbocycles. The van der Waals surface area contributed by atoms with E-state index in [0.717, 1.165) is 27.8 Å². The van der Waals surface area contributed by atoms with Crippen LogP contribution in [0, 0.1) is 4.91 Å². The van der Waals surface area contributed by atoms with Crippen LogP contribution in [-0.2, 0) is 15.1 Å². The van der Waals surface area contributed by atoms with Crippen LogP contribution in [0.1, 0.15) is 36.5 Å². The highest BCUT2D eigenvalue weighted by Gasteiger charge is 2.48. The Morgan fingerprint density at radius 2 is 1.43 bits per heavy atom. The number of rotatable bonds is 6. The van der Waals surface area contributed by atoms with Crippen LogP contribution in [0.25, 0.3) is 11.1 Å². The fourth-order valence-electron chi connectivity index (χ4n) is 4.05. The van der Waals surface area contributed by atoms with Crippen LogP contribution in [0.2, 0.25) is 0 Å². The van der Waals surface area contributed by atoms with Crippen molar-refractivity contribution < 1.29 is 9.53 Å². The highest BCUT2D eigenvalue weighted by molar-refractivity contribution is 5.85. The van der Waals surface area contributed by atoms with Gasteiger partial charge in [-0.2, -0.15) is 0 Å². The lowest BCUT2D eigenvalue weighted by Gasteiger charge is -2.33. The number of hydrogen-bond acceptors (Lipinski definition) is 4. The van der Waals surface area contributed by atoms with Gasteiger partial charge in [0.25, 0.3) is 0 Å². The van der Waals surface area contributed by atoms with Gasteiger partial charge in [0.1, 0.15) is 0 Å². The maximum absolute atomic E-state index is 13.0. The molecule has 0 aliphatic heterocycles. The normalized spacial score (nSPS) is 14.6. The van der Waals surface area contributed by atoms with Gasteiger partial charge in [0.05, 0.1) is 0 Å². The van der Waals surface area contributed by atoms with Crippen molar-refractivity contribution in [1.82, 2.24) is 0 Å². The van der Waals surface area contributed by atoms with E-state index in [2.05, 4.69) is 5.18 Å². The highest BCUT2D eigenvalue weighted by Crippen LogP contribution is 2.53. The summed E-state index contributed by atoms with van der Waals surface area (Å²) in [6, 6.07) is 24.6. The van der Waals surface area contributed by atoms with E-state index in [4.69, 9.17) is 4.74 Å². The van der Waals surface area contributed by atoms with Crippen molar-refractivity contribution in [3.63, 3.8) is 0 Å². The fourth-order valence-corrected chi connectivity index (χ4v) is 4.05. The molecule has 1 aliphatic rings. The van der Waals surface area contributed by atoms with Crippen molar-refractivity contribution in [3.8, 4) is 11.1 Å². The van der Waals surface area contributed by atoms with Crippen molar-refractivity contribution in [2.45, 2.75) is 31.4 Å². The average molecular weight is 371 g/mol. The monoisotopic (exact) mass is 371 g/mol. The minimum atomic E-state index is -1.10. The number of esters is 1. The van der Waals surface area contributed by atoms with E-state index in [0.29, 0.717) is 12.8 Å². The molecule has 0 spiro atoms. The maximum Gasteiger partial charge on any atom is 0.336 e. The molecular formula is C24H21NO3. The number of ether oxygens (including phenoxy) is 1. The second kappa shape index (κ2) is 7.39. The summed E-state index contributed by atoms with van der Waals surface area (Å²) in [4.78, 5) is 24.3. The molecule has 0 radical (unpaired) electrons. The molecule has 4 nitrogen and oxygen atoms in total. The van der Waals surface area contributed by atoms with E-state index in [-0.39, 0.29) is 0 Å². The van der Waals surface area contributed by atoms with Gasteiger partial charge >= 0.3 is 5.97 Å². The van der Waals surface area contributed by atoms with E-state index in [1.807, 2.05) is 85.8 Å². The van der Waals surface area contributed by atoms with Gasteiger partial charge < -0.3 is 4.74 Å². The third-order valence-electron chi connectivity index (χ3n) is 5.30. The van der Waals surface area contributed by atoms with Gasteiger partial charge in [0, 0.05) is 16.7 Å². The number of carbonyl (C=O) groups excluding carboxylic acids is 1. The first kappa shape index (κ1) is 18.1. The molecule has 0 heterocycles. The minimum absolute atomic E-state index is 0.372. The predicted molar refractivity (Wildman–Crippen MR) is 109 cm³/mol. The number of hydrogen-bond donors (Lipinski definition) is 0. The van der Waals surface area contributed by atoms with Crippen molar-refractivity contribution in [2.75, 3.05) is 0 Å². The molecule has 0 fully saturated rings. The molecule has 4 heteroatoms. The molecule has 0 aromatic heterocycles. The lowest BCUT2D eigenvalue weighted by atomic mass is 9.84. The Labute approximate surface area is 164 Å². The molecule has 0 amide bonds. The van der Waals surface area contributed by atoms with Crippen molar-refractivity contribution in [3.05, 3.63) is 100 Å². The van der Waals surface area contributed by atoms with Gasteiger partial charge in [-0.15, -0.1) is 4.91 Å². The SMILES string of the molecule is CCCC(N=O)C(=O)OC1(c2ccccc2)c2ccccc2-c2ccccc21. The van der Waals surface area contributed by atoms with Crippen LogP contribution in [-0.4, -0.2) is 12.0 Å². The second-order valence-corrected chi connectivity index (χ2v) is 6.97. The third-order valence-corrected chi connectivity index (χ3v) is 5.30. The molecular weight excluding hydrogens is 350 g/mol. The molecule has 3 aromatic rings. The van der Waals surface area contributed by atoms with Crippen molar-refractivity contribution in [2.24, 2.45) is 5.18 Å². The quantitative estimate of drug-likeness (QED) is 0.428. The summed E-state index contributed by atoms with van der Waals surface area (Å²) < 4.78 is 6.21. The first-order valence-corrected chi connectivity index (χ1v) is 9.52. The minimum Gasteiger partial charge on any atom is -0.442 e. The molecule has 4 rings (SSSR count). The summed E-state index contributed by atoms with van der Waals surface area (Å²) in [6.45, 7) is 1.92. The molecule has 0 saturated heterocycles. The Morgan fingerprint density at radius 1 is 0.893 bits per heavy atom. The standard InChI is InChI=1S/C24H21NO3/c1-2-10-22(25-27)23(26)28-24(17-11-4-3-5-12-17)20-15-8-6-13-18(20)19-14-7-9-16-21(19)24/h3-9,11-16,22H,2,10H2,1H3. The summed E-state index contributed by atoms with van der Waals surface area (Å²) >= 11 is 0. The zero-order valence-corrected chi connectivity index (χ0v) is 15.7. The lowest BCUT2D eigenvalue weighted by molar-refractivity contribution is -0.155. The molecule has 1 aliphatic carbocycles. The summed E-state index contributed by atoms with van der Waals surface area (Å²) in [5, 5.41) is 3.03. The summed E-state index contributed by atoms with van der Waals surface area (Å²) in [7, 11) is 0. The molecule has 140 valence electrons. The third kappa shape index (κ3) is 2.73. The van der Waals surface area contributed by atoms with Gasteiger partial charge in [-0.3, -0.25) is 0 Å². The predicted octanol–water partition coefficient (Wildman–Crippen LogP) is 5.44. The summed E-state index contributed by atoms with van der Waals surface area (Å²) in [5.41, 5.74) is 3.61. The van der Waals surface area contributed by atoms with Crippen molar-refractivity contribution >= 4 is 5.97 Å². The maximum atomic E-state index is 13.0. The van der Waals surface area contributed by atoms with Gasteiger partial charge in [-0.1, -0.05) is 97.4 Å². The smallest absolute Gasteiger partial charge is 0.336 e. The topological polar surface area (TPSA) is 55.7 Å². The fraction of sp³-hybridized carbons (Fsp3) is 0.208. The largest absolute Gasteiger partial charge is 0.442 e. The molecule has 1 unspecified atom stereocenters. The number of benzene rings is 3. The van der Waals surface area contributed by atoms with Crippen LogP contribution >= 0.6 is 0 Å². The molecule has 0 saturated carbocycles. The Hall–Kier alpha value is -3.27. The average Bonchev–Trinajstić information content (AvgIpc) is 3.04. The summed E-state index contributed by atoms with van der Waals surface area (Å²) in [6.07, 6.45) is 1.05. The Kier molecular flexibility index (Phi) is 4.78. The van der Waals surface area contributed by atoms with E-state index >= 15 is 0 Å². The molecule has 0 bridgehead atoms. The van der Waals surface area contributed by atoms with Crippen LogP contribution < -0.4 is 0 Å². The molecule has 1 atom stereocenters. The van der Waals surface area contributed by atoms with E-state index in [1.54, 1.807) is 0 Å². The number of nitrogens with zero attached hydrogens (tertiary/aromatic N) is 1. The van der Waals surface area contributed by atoms with Gasteiger partial charge in [-0.25, -0.2) is 4.79 Å². The molecule has 28 heavy (non-hydrogen) atoms. The van der Waals surface area contributed by atoms with Crippen LogP contribution in [0.3, 0.4) is 0 Å². The lowest BCUT2D eigenvalue weighted by Crippen LogP contribution is -2.36. The number of fused-ring (bicyclic) bond motifs is 3. The van der Waals surface area contributed by atoms with E-state index in [9.17, 15) is 9.70 Å².